The van der Waals surface area contributed by atoms with Gasteiger partial charge in [0.15, 0.2) is 0 Å². The van der Waals surface area contributed by atoms with E-state index in [0.717, 1.165) is 12.1 Å². The van der Waals surface area contributed by atoms with Crippen LogP contribution in [0.2, 0.25) is 15.1 Å². The summed E-state index contributed by atoms with van der Waals surface area (Å²) in [5.41, 5.74) is -1.81. The van der Waals surface area contributed by atoms with Crippen molar-refractivity contribution in [1.82, 2.24) is 0 Å². The van der Waals surface area contributed by atoms with Crippen molar-refractivity contribution in [2.45, 2.75) is 6.18 Å². The molecule has 20 heavy (non-hydrogen) atoms. The van der Waals surface area contributed by atoms with E-state index in [1.807, 2.05) is 0 Å². The van der Waals surface area contributed by atoms with Crippen LogP contribution in [0.25, 0.3) is 11.1 Å². The smallest absolute Gasteiger partial charge is 0.206 e. The number of alkyl halides is 3. The highest BCUT2D eigenvalue weighted by Crippen LogP contribution is 2.43. The van der Waals surface area contributed by atoms with Crippen LogP contribution in [0, 0.1) is 5.82 Å². The first-order valence-electron chi connectivity index (χ1n) is 5.23. The zero-order valence-corrected chi connectivity index (χ0v) is 11.8. The molecular formula is C13H5Cl3F4. The van der Waals surface area contributed by atoms with Gasteiger partial charge in [0, 0.05) is 5.56 Å². The molecule has 0 amide bonds. The summed E-state index contributed by atoms with van der Waals surface area (Å²) in [4.78, 5) is 0. The van der Waals surface area contributed by atoms with E-state index in [2.05, 4.69) is 0 Å². The van der Waals surface area contributed by atoms with Crippen LogP contribution in [0.3, 0.4) is 0 Å². The fourth-order valence-corrected chi connectivity index (χ4v) is 2.41. The largest absolute Gasteiger partial charge is 0.419 e. The molecule has 0 N–H and O–H groups in total. The monoisotopic (exact) mass is 342 g/mol. The second kappa shape index (κ2) is 5.43. The van der Waals surface area contributed by atoms with Crippen LogP contribution < -0.4 is 0 Å². The van der Waals surface area contributed by atoms with Gasteiger partial charge in [0.1, 0.15) is 5.82 Å². The van der Waals surface area contributed by atoms with Gasteiger partial charge in [-0.15, -0.1) is 0 Å². The Bertz CT molecular complexity index is 665. The van der Waals surface area contributed by atoms with Gasteiger partial charge in [-0.05, 0) is 17.7 Å². The predicted octanol–water partition coefficient (Wildman–Crippen LogP) is 6.47. The summed E-state index contributed by atoms with van der Waals surface area (Å²) >= 11 is 17.4. The average molecular weight is 344 g/mol. The van der Waals surface area contributed by atoms with Crippen molar-refractivity contribution in [1.29, 1.82) is 0 Å². The van der Waals surface area contributed by atoms with Crippen molar-refractivity contribution < 1.29 is 17.6 Å². The topological polar surface area (TPSA) is 0 Å². The Balaban J connectivity index is 2.78. The van der Waals surface area contributed by atoms with Gasteiger partial charge >= 0.3 is 6.18 Å². The van der Waals surface area contributed by atoms with E-state index >= 15 is 0 Å². The third-order valence-electron chi connectivity index (χ3n) is 2.62. The van der Waals surface area contributed by atoms with Crippen LogP contribution >= 0.6 is 34.8 Å². The van der Waals surface area contributed by atoms with Crippen molar-refractivity contribution in [3.05, 3.63) is 56.8 Å². The lowest BCUT2D eigenvalue weighted by atomic mass is 9.98. The number of hydrogen-bond acceptors (Lipinski definition) is 0. The molecule has 0 aliphatic carbocycles. The molecule has 0 atom stereocenters. The zero-order chi connectivity index (χ0) is 15.1. The van der Waals surface area contributed by atoms with Crippen molar-refractivity contribution in [3.63, 3.8) is 0 Å². The quantitative estimate of drug-likeness (QED) is 0.411. The fourth-order valence-electron chi connectivity index (χ4n) is 1.77. The molecule has 0 nitrogen and oxygen atoms in total. The molecule has 0 aliphatic heterocycles. The first-order chi connectivity index (χ1) is 9.23. The van der Waals surface area contributed by atoms with Crippen molar-refractivity contribution in [3.8, 4) is 11.1 Å². The lowest BCUT2D eigenvalue weighted by Gasteiger charge is -2.15. The highest BCUT2D eigenvalue weighted by Gasteiger charge is 2.37. The molecule has 0 aliphatic rings. The highest BCUT2D eigenvalue weighted by molar-refractivity contribution is 6.49. The molecular weight excluding hydrogens is 338 g/mol. The Morgan fingerprint density at radius 3 is 2.05 bits per heavy atom. The molecule has 0 heterocycles. The number of halogens is 7. The SMILES string of the molecule is Fc1cccc(-c2ccc(Cl)c(Cl)c2Cl)c1C(F)(F)F. The summed E-state index contributed by atoms with van der Waals surface area (Å²) in [6, 6.07) is 5.59. The van der Waals surface area contributed by atoms with Crippen molar-refractivity contribution in [2.24, 2.45) is 0 Å². The maximum atomic E-state index is 13.5. The molecule has 2 aromatic rings. The molecule has 0 unspecified atom stereocenters. The predicted molar refractivity (Wildman–Crippen MR) is 71.9 cm³/mol. The number of hydrogen-bond donors (Lipinski definition) is 0. The Kier molecular flexibility index (Phi) is 4.19. The molecule has 0 fully saturated rings. The van der Waals surface area contributed by atoms with Crippen LogP contribution in [0.4, 0.5) is 17.6 Å². The summed E-state index contributed by atoms with van der Waals surface area (Å²) in [5, 5.41) is -0.135. The Morgan fingerprint density at radius 1 is 0.800 bits per heavy atom. The van der Waals surface area contributed by atoms with E-state index < -0.39 is 17.6 Å². The van der Waals surface area contributed by atoms with Gasteiger partial charge in [0.2, 0.25) is 0 Å². The average Bonchev–Trinajstić information content (AvgIpc) is 2.34. The van der Waals surface area contributed by atoms with E-state index in [1.54, 1.807) is 0 Å². The summed E-state index contributed by atoms with van der Waals surface area (Å²) in [5.74, 6) is -1.38. The van der Waals surface area contributed by atoms with Crippen LogP contribution in [0.15, 0.2) is 30.3 Å². The van der Waals surface area contributed by atoms with Crippen molar-refractivity contribution in [2.75, 3.05) is 0 Å². The fraction of sp³-hybridized carbons (Fsp3) is 0.0769. The minimum absolute atomic E-state index is 0.0344. The lowest BCUT2D eigenvalue weighted by molar-refractivity contribution is -0.139. The van der Waals surface area contributed by atoms with Crippen LogP contribution in [0.5, 0.6) is 0 Å². The standard InChI is InChI=1S/C13H5Cl3F4/c14-8-5-4-7(11(15)12(8)16)6-2-1-3-9(17)10(6)13(18,19)20/h1-5H. The summed E-state index contributed by atoms with van der Waals surface area (Å²) < 4.78 is 52.4. The van der Waals surface area contributed by atoms with Crippen LogP contribution in [0.1, 0.15) is 5.56 Å². The number of rotatable bonds is 1. The summed E-state index contributed by atoms with van der Waals surface area (Å²) in [7, 11) is 0. The molecule has 2 aromatic carbocycles. The molecule has 0 spiro atoms. The van der Waals surface area contributed by atoms with E-state index in [-0.39, 0.29) is 26.2 Å². The van der Waals surface area contributed by atoms with Crippen LogP contribution in [-0.4, -0.2) is 0 Å². The maximum absolute atomic E-state index is 13.5. The Morgan fingerprint density at radius 2 is 1.45 bits per heavy atom. The molecule has 0 saturated heterocycles. The molecule has 2 rings (SSSR count). The van der Waals surface area contributed by atoms with Gasteiger partial charge in [-0.3, -0.25) is 0 Å². The van der Waals surface area contributed by atoms with E-state index in [1.165, 1.54) is 18.2 Å². The first kappa shape index (κ1) is 15.4. The lowest BCUT2D eigenvalue weighted by Crippen LogP contribution is -2.10. The second-order valence-corrected chi connectivity index (χ2v) is 5.05. The summed E-state index contributed by atoms with van der Waals surface area (Å²) in [6.45, 7) is 0. The Labute approximate surface area is 126 Å². The highest BCUT2D eigenvalue weighted by atomic mass is 35.5. The maximum Gasteiger partial charge on any atom is 0.419 e. The third-order valence-corrected chi connectivity index (χ3v) is 3.92. The normalized spacial score (nSPS) is 11.8. The van der Waals surface area contributed by atoms with Crippen molar-refractivity contribution >= 4 is 34.8 Å². The number of benzene rings is 2. The van der Waals surface area contributed by atoms with Gasteiger partial charge in [-0.1, -0.05) is 53.0 Å². The second-order valence-electron chi connectivity index (χ2n) is 3.88. The van der Waals surface area contributed by atoms with E-state index in [0.29, 0.717) is 0 Å². The third kappa shape index (κ3) is 2.73. The molecule has 0 aromatic heterocycles. The minimum Gasteiger partial charge on any atom is -0.206 e. The van der Waals surface area contributed by atoms with Crippen LogP contribution in [-0.2, 0) is 6.18 Å². The molecule has 0 saturated carbocycles. The molecule has 0 radical (unpaired) electrons. The van der Waals surface area contributed by atoms with Gasteiger partial charge in [0.05, 0.1) is 20.6 Å². The minimum atomic E-state index is -4.85. The van der Waals surface area contributed by atoms with Gasteiger partial charge < -0.3 is 0 Å². The molecule has 0 bridgehead atoms. The first-order valence-corrected chi connectivity index (χ1v) is 6.36. The van der Waals surface area contributed by atoms with E-state index in [9.17, 15) is 17.6 Å². The van der Waals surface area contributed by atoms with Gasteiger partial charge in [0.25, 0.3) is 0 Å². The zero-order valence-electron chi connectivity index (χ0n) is 9.53. The van der Waals surface area contributed by atoms with Gasteiger partial charge in [-0.2, -0.15) is 13.2 Å². The molecule has 7 heteroatoms. The van der Waals surface area contributed by atoms with Gasteiger partial charge in [-0.25, -0.2) is 4.39 Å². The summed E-state index contributed by atoms with van der Waals surface area (Å²) in [6.07, 6.45) is -4.85. The Hall–Kier alpha value is -0.970. The molecule has 106 valence electrons. The van der Waals surface area contributed by atoms with E-state index in [4.69, 9.17) is 34.8 Å².